The zero-order valence-corrected chi connectivity index (χ0v) is 15.3. The average Bonchev–Trinajstić information content (AvgIpc) is 2.65. The van der Waals surface area contributed by atoms with E-state index in [1.807, 2.05) is 0 Å². The van der Waals surface area contributed by atoms with E-state index in [1.54, 1.807) is 12.1 Å². The van der Waals surface area contributed by atoms with Crippen LogP contribution in [0.2, 0.25) is 10.2 Å². The van der Waals surface area contributed by atoms with E-state index in [2.05, 4.69) is 26.1 Å². The van der Waals surface area contributed by atoms with Crippen molar-refractivity contribution in [3.05, 3.63) is 46.1 Å². The molecule has 0 aliphatic carbocycles. The highest BCUT2D eigenvalue weighted by Crippen LogP contribution is 2.24. The molecule has 26 heavy (non-hydrogen) atoms. The van der Waals surface area contributed by atoms with Gasteiger partial charge < -0.3 is 16.0 Å². The Bertz CT molecular complexity index is 807. The molecule has 0 radical (unpaired) electrons. The molecule has 2 amide bonds. The van der Waals surface area contributed by atoms with E-state index >= 15 is 0 Å². The fourth-order valence-electron chi connectivity index (χ4n) is 2.70. The first-order valence-corrected chi connectivity index (χ1v) is 8.90. The maximum Gasteiger partial charge on any atom is 0.259 e. The number of hydrogen-bond donors (Lipinski definition) is 3. The third-order valence-electron chi connectivity index (χ3n) is 4.07. The van der Waals surface area contributed by atoms with E-state index in [0.717, 1.165) is 25.9 Å². The second-order valence-electron chi connectivity index (χ2n) is 5.90. The van der Waals surface area contributed by atoms with Gasteiger partial charge >= 0.3 is 0 Å². The van der Waals surface area contributed by atoms with Crippen LogP contribution in [0, 0.1) is 5.92 Å². The van der Waals surface area contributed by atoms with Crippen molar-refractivity contribution in [2.24, 2.45) is 5.92 Å². The number of anilines is 2. The maximum atomic E-state index is 12.6. The molecule has 1 aliphatic heterocycles. The molecule has 7 nitrogen and oxygen atoms in total. The largest absolute Gasteiger partial charge is 0.325 e. The molecule has 1 aliphatic rings. The lowest BCUT2D eigenvalue weighted by molar-refractivity contribution is -0.120. The number of rotatable bonds is 4. The Morgan fingerprint density at radius 2 is 1.81 bits per heavy atom. The summed E-state index contributed by atoms with van der Waals surface area (Å²) in [5.41, 5.74) is 0.647. The van der Waals surface area contributed by atoms with Gasteiger partial charge in [0.15, 0.2) is 11.0 Å². The Balaban J connectivity index is 1.77. The van der Waals surface area contributed by atoms with E-state index in [9.17, 15) is 9.59 Å². The van der Waals surface area contributed by atoms with Crippen LogP contribution < -0.4 is 16.0 Å². The first kappa shape index (κ1) is 18.6. The summed E-state index contributed by atoms with van der Waals surface area (Å²) in [5, 5.41) is 16.7. The highest BCUT2D eigenvalue weighted by atomic mass is 35.5. The molecule has 0 unspecified atom stereocenters. The number of carbonyl (C=O) groups excluding carboxylic acids is 2. The SMILES string of the molecule is O=C(Nc1ccc(Cl)nn1)c1cc(Cl)ccc1NC(=O)C1CCNCC1. The Labute approximate surface area is 160 Å². The Kier molecular flexibility index (Phi) is 6.03. The van der Waals surface area contributed by atoms with Crippen LogP contribution in [0.15, 0.2) is 30.3 Å². The lowest BCUT2D eigenvalue weighted by Gasteiger charge is -2.22. The third kappa shape index (κ3) is 4.69. The van der Waals surface area contributed by atoms with Gasteiger partial charge in [-0.1, -0.05) is 23.2 Å². The summed E-state index contributed by atoms with van der Waals surface area (Å²) in [5.74, 6) is -0.390. The molecular formula is C17H17Cl2N5O2. The summed E-state index contributed by atoms with van der Waals surface area (Å²) >= 11 is 11.7. The number of benzene rings is 1. The summed E-state index contributed by atoms with van der Waals surface area (Å²) < 4.78 is 0. The minimum Gasteiger partial charge on any atom is -0.325 e. The highest BCUT2D eigenvalue weighted by Gasteiger charge is 2.23. The molecule has 0 saturated carbocycles. The Morgan fingerprint density at radius 3 is 2.50 bits per heavy atom. The average molecular weight is 394 g/mol. The number of aromatic nitrogens is 2. The molecule has 2 heterocycles. The van der Waals surface area contributed by atoms with Crippen molar-refractivity contribution in [1.29, 1.82) is 0 Å². The molecule has 1 aromatic carbocycles. The van der Waals surface area contributed by atoms with Crippen molar-refractivity contribution in [2.75, 3.05) is 23.7 Å². The fraction of sp³-hybridized carbons (Fsp3) is 0.294. The number of piperidine rings is 1. The van der Waals surface area contributed by atoms with Crippen molar-refractivity contribution in [3.63, 3.8) is 0 Å². The molecule has 1 saturated heterocycles. The van der Waals surface area contributed by atoms with Gasteiger partial charge in [-0.3, -0.25) is 9.59 Å². The predicted molar refractivity (Wildman–Crippen MR) is 101 cm³/mol. The van der Waals surface area contributed by atoms with Gasteiger partial charge in [0.1, 0.15) is 0 Å². The Hall–Kier alpha value is -2.22. The van der Waals surface area contributed by atoms with Gasteiger partial charge in [0, 0.05) is 10.9 Å². The van der Waals surface area contributed by atoms with Gasteiger partial charge in [0.25, 0.3) is 5.91 Å². The van der Waals surface area contributed by atoms with Crippen molar-refractivity contribution in [2.45, 2.75) is 12.8 Å². The molecule has 1 fully saturated rings. The normalized spacial score (nSPS) is 14.7. The van der Waals surface area contributed by atoms with Gasteiger partial charge in [-0.2, -0.15) is 0 Å². The third-order valence-corrected chi connectivity index (χ3v) is 4.50. The monoisotopic (exact) mass is 393 g/mol. The number of amides is 2. The first-order valence-electron chi connectivity index (χ1n) is 8.14. The molecule has 0 bridgehead atoms. The molecule has 0 atom stereocenters. The van der Waals surface area contributed by atoms with Crippen molar-refractivity contribution in [3.8, 4) is 0 Å². The van der Waals surface area contributed by atoms with Crippen LogP contribution in [0.3, 0.4) is 0 Å². The topological polar surface area (TPSA) is 96.0 Å². The molecular weight excluding hydrogens is 377 g/mol. The molecule has 0 spiro atoms. The minimum absolute atomic E-state index is 0.0787. The molecule has 3 N–H and O–H groups in total. The maximum absolute atomic E-state index is 12.6. The molecule has 9 heteroatoms. The van der Waals surface area contributed by atoms with Crippen molar-refractivity contribution in [1.82, 2.24) is 15.5 Å². The zero-order valence-electron chi connectivity index (χ0n) is 13.8. The lowest BCUT2D eigenvalue weighted by Crippen LogP contribution is -2.35. The van der Waals surface area contributed by atoms with E-state index < -0.39 is 5.91 Å². The summed E-state index contributed by atoms with van der Waals surface area (Å²) in [6.07, 6.45) is 1.53. The van der Waals surface area contributed by atoms with Crippen LogP contribution in [-0.4, -0.2) is 35.1 Å². The zero-order chi connectivity index (χ0) is 18.5. The highest BCUT2D eigenvalue weighted by molar-refractivity contribution is 6.31. The molecule has 136 valence electrons. The van der Waals surface area contributed by atoms with Gasteiger partial charge in [-0.25, -0.2) is 0 Å². The molecule has 2 aromatic rings. The van der Waals surface area contributed by atoms with Crippen LogP contribution in [-0.2, 0) is 4.79 Å². The first-order chi connectivity index (χ1) is 12.5. The lowest BCUT2D eigenvalue weighted by atomic mass is 9.97. The summed E-state index contributed by atoms with van der Waals surface area (Å²) in [6.45, 7) is 1.61. The number of hydrogen-bond acceptors (Lipinski definition) is 5. The minimum atomic E-state index is -0.454. The van der Waals surface area contributed by atoms with Gasteiger partial charge in [0.2, 0.25) is 5.91 Å². The number of halogens is 2. The molecule has 1 aromatic heterocycles. The van der Waals surface area contributed by atoms with E-state index in [4.69, 9.17) is 23.2 Å². The fourth-order valence-corrected chi connectivity index (χ4v) is 2.97. The summed E-state index contributed by atoms with van der Waals surface area (Å²) in [6, 6.07) is 7.79. The quantitative estimate of drug-likeness (QED) is 0.741. The van der Waals surface area contributed by atoms with E-state index in [1.165, 1.54) is 18.2 Å². The van der Waals surface area contributed by atoms with Crippen LogP contribution in [0.4, 0.5) is 11.5 Å². The van der Waals surface area contributed by atoms with Gasteiger partial charge in [-0.05, 0) is 56.3 Å². The van der Waals surface area contributed by atoms with Gasteiger partial charge in [-0.15, -0.1) is 10.2 Å². The standard InChI is InChI=1S/C17H17Cl2N5O2/c18-11-1-2-13(21-16(25)10-5-7-20-8-6-10)12(9-11)17(26)22-15-4-3-14(19)23-24-15/h1-4,9-10,20H,5-8H2,(H,21,25)(H,22,24,26). The van der Waals surface area contributed by atoms with Crippen LogP contribution in [0.25, 0.3) is 0 Å². The summed E-state index contributed by atoms with van der Waals surface area (Å²) in [7, 11) is 0. The van der Waals surface area contributed by atoms with Crippen LogP contribution in [0.5, 0.6) is 0 Å². The van der Waals surface area contributed by atoms with Crippen LogP contribution >= 0.6 is 23.2 Å². The summed E-state index contributed by atoms with van der Waals surface area (Å²) in [4.78, 5) is 25.1. The second-order valence-corrected chi connectivity index (χ2v) is 6.72. The Morgan fingerprint density at radius 1 is 1.04 bits per heavy atom. The second kappa shape index (κ2) is 8.44. The number of carbonyl (C=O) groups is 2. The van der Waals surface area contributed by atoms with Crippen LogP contribution in [0.1, 0.15) is 23.2 Å². The van der Waals surface area contributed by atoms with Gasteiger partial charge in [0.05, 0.1) is 11.3 Å². The predicted octanol–water partition coefficient (Wildman–Crippen LogP) is 2.97. The molecule has 3 rings (SSSR count). The number of nitrogens with one attached hydrogen (secondary N) is 3. The van der Waals surface area contributed by atoms with Crippen molar-refractivity contribution >= 4 is 46.5 Å². The smallest absolute Gasteiger partial charge is 0.259 e. The van der Waals surface area contributed by atoms with Crippen molar-refractivity contribution < 1.29 is 9.59 Å². The van der Waals surface area contributed by atoms with E-state index in [-0.39, 0.29) is 28.4 Å². The van der Waals surface area contributed by atoms with E-state index in [0.29, 0.717) is 10.7 Å². The number of nitrogens with zero attached hydrogens (tertiary/aromatic N) is 2.